The van der Waals surface area contributed by atoms with Crippen LogP contribution in [0.1, 0.15) is 104 Å². The van der Waals surface area contributed by atoms with Crippen molar-refractivity contribution in [3.05, 3.63) is 12.2 Å². The minimum Gasteiger partial charge on any atom is -0.756 e. The Hall–Kier alpha value is -1.25. The Balaban J connectivity index is 3.94. The molecule has 9 nitrogen and oxygen atoms in total. The van der Waals surface area contributed by atoms with Crippen LogP contribution in [0.15, 0.2) is 12.2 Å². The minimum atomic E-state index is -4.57. The number of likely N-dealkylation sites (N-methyl/N-ethyl adjacent to an activating group) is 1. The van der Waals surface area contributed by atoms with Crippen molar-refractivity contribution < 1.29 is 42.1 Å². The molecule has 0 aliphatic carbocycles. The number of phosphoric acid groups is 1. The Morgan fingerprint density at radius 1 is 0.842 bits per heavy atom. The fraction of sp³-hybridized carbons (Fsp3) is 0.857. The van der Waals surface area contributed by atoms with E-state index in [1.807, 2.05) is 21.1 Å². The molecule has 224 valence electrons. The molecule has 0 N–H and O–H groups in total. The average molecular weight is 564 g/mol. The average Bonchev–Trinajstić information content (AvgIpc) is 2.82. The van der Waals surface area contributed by atoms with Gasteiger partial charge in [-0.15, -0.1) is 0 Å². The van der Waals surface area contributed by atoms with Gasteiger partial charge in [-0.05, 0) is 32.1 Å². The molecule has 2 unspecified atom stereocenters. The van der Waals surface area contributed by atoms with Crippen molar-refractivity contribution in [2.45, 2.75) is 110 Å². The molecule has 0 saturated heterocycles. The number of hydrogen-bond donors (Lipinski definition) is 0. The van der Waals surface area contributed by atoms with Gasteiger partial charge in [0.1, 0.15) is 19.8 Å². The highest BCUT2D eigenvalue weighted by atomic mass is 31.2. The highest BCUT2D eigenvalue weighted by molar-refractivity contribution is 7.45. The first-order valence-electron chi connectivity index (χ1n) is 14.3. The Labute approximate surface area is 231 Å². The molecule has 2 atom stereocenters. The third-order valence-corrected chi connectivity index (χ3v) is 6.80. The van der Waals surface area contributed by atoms with E-state index in [1.54, 1.807) is 0 Å². The molecule has 0 aromatic rings. The smallest absolute Gasteiger partial charge is 0.305 e. The molecule has 0 fully saturated rings. The number of unbranched alkanes of at least 4 members (excludes halogenated alkanes) is 11. The van der Waals surface area contributed by atoms with Crippen LogP contribution in [0.4, 0.5) is 0 Å². The molecule has 0 aliphatic heterocycles. The third kappa shape index (κ3) is 26.4. The van der Waals surface area contributed by atoms with Crippen LogP contribution < -0.4 is 4.89 Å². The Bertz CT molecular complexity index is 693. The van der Waals surface area contributed by atoms with Crippen LogP contribution in [-0.4, -0.2) is 70.0 Å². The van der Waals surface area contributed by atoms with Crippen molar-refractivity contribution in [3.8, 4) is 0 Å². The molecule has 0 heterocycles. The van der Waals surface area contributed by atoms with Crippen LogP contribution in [0, 0.1) is 0 Å². The van der Waals surface area contributed by atoms with E-state index in [9.17, 15) is 19.0 Å². The summed E-state index contributed by atoms with van der Waals surface area (Å²) in [5, 5.41) is 0. The minimum absolute atomic E-state index is 0.0343. The van der Waals surface area contributed by atoms with Gasteiger partial charge in [0.05, 0.1) is 27.7 Å². The number of allylic oxidation sites excluding steroid dienone is 2. The van der Waals surface area contributed by atoms with Crippen LogP contribution in [0.5, 0.6) is 0 Å². The third-order valence-electron chi connectivity index (χ3n) is 5.84. The highest BCUT2D eigenvalue weighted by Crippen LogP contribution is 2.38. The second-order valence-electron chi connectivity index (χ2n) is 10.8. The zero-order valence-electron chi connectivity index (χ0n) is 24.6. The van der Waals surface area contributed by atoms with Crippen LogP contribution in [0.25, 0.3) is 0 Å². The lowest BCUT2D eigenvalue weighted by Crippen LogP contribution is -2.37. The van der Waals surface area contributed by atoms with Gasteiger partial charge in [-0.3, -0.25) is 14.2 Å². The number of quaternary nitrogens is 1. The molecule has 0 spiro atoms. The van der Waals surface area contributed by atoms with Crippen molar-refractivity contribution in [2.24, 2.45) is 0 Å². The number of rotatable bonds is 25. The summed E-state index contributed by atoms with van der Waals surface area (Å²) < 4.78 is 32.3. The Kier molecular flexibility index (Phi) is 21.8. The molecular weight excluding hydrogens is 509 g/mol. The summed E-state index contributed by atoms with van der Waals surface area (Å²) in [6, 6.07) is 0. The predicted molar refractivity (Wildman–Crippen MR) is 148 cm³/mol. The van der Waals surface area contributed by atoms with Gasteiger partial charge < -0.3 is 27.9 Å². The lowest BCUT2D eigenvalue weighted by molar-refractivity contribution is -0.870. The molecule has 10 heteroatoms. The molecule has 0 saturated carbocycles. The normalized spacial score (nSPS) is 14.4. The van der Waals surface area contributed by atoms with E-state index in [-0.39, 0.29) is 19.6 Å². The number of nitrogens with zero attached hydrogens (tertiary/aromatic N) is 1. The van der Waals surface area contributed by atoms with E-state index in [1.165, 1.54) is 51.9 Å². The van der Waals surface area contributed by atoms with Gasteiger partial charge in [0, 0.05) is 13.3 Å². The highest BCUT2D eigenvalue weighted by Gasteiger charge is 2.20. The summed E-state index contributed by atoms with van der Waals surface area (Å²) >= 11 is 0. The topological polar surface area (TPSA) is 111 Å². The van der Waals surface area contributed by atoms with Gasteiger partial charge in [0.25, 0.3) is 7.82 Å². The van der Waals surface area contributed by atoms with Crippen LogP contribution in [0.3, 0.4) is 0 Å². The Morgan fingerprint density at radius 2 is 1.39 bits per heavy atom. The lowest BCUT2D eigenvalue weighted by atomic mass is 10.1. The van der Waals surface area contributed by atoms with Gasteiger partial charge in [-0.1, -0.05) is 70.4 Å². The fourth-order valence-corrected chi connectivity index (χ4v) is 4.32. The summed E-state index contributed by atoms with van der Waals surface area (Å²) in [6.07, 6.45) is 19.1. The summed E-state index contributed by atoms with van der Waals surface area (Å²) in [5.41, 5.74) is 0. The van der Waals surface area contributed by atoms with Gasteiger partial charge in [-0.2, -0.15) is 0 Å². The van der Waals surface area contributed by atoms with Gasteiger partial charge in [0.15, 0.2) is 6.10 Å². The fourth-order valence-electron chi connectivity index (χ4n) is 3.59. The summed E-state index contributed by atoms with van der Waals surface area (Å²) in [6.45, 7) is 3.11. The summed E-state index contributed by atoms with van der Waals surface area (Å²) in [4.78, 5) is 35.3. The Morgan fingerprint density at radius 3 is 1.95 bits per heavy atom. The van der Waals surface area contributed by atoms with Crippen LogP contribution in [0.2, 0.25) is 0 Å². The monoisotopic (exact) mass is 563 g/mol. The van der Waals surface area contributed by atoms with Gasteiger partial charge in [0.2, 0.25) is 0 Å². The summed E-state index contributed by atoms with van der Waals surface area (Å²) in [5.74, 6) is -1.04. The molecular formula is C28H54NO8P. The SMILES string of the molecule is CCCCCCCC/C=C\CCCCCCCC(=O)OCC(COP(=O)([O-])OCC[N+](C)(C)C)OC(C)=O. The van der Waals surface area contributed by atoms with E-state index >= 15 is 0 Å². The molecule has 0 radical (unpaired) electrons. The molecule has 0 aliphatic rings. The maximum Gasteiger partial charge on any atom is 0.305 e. The number of hydrogen-bond acceptors (Lipinski definition) is 8. The predicted octanol–water partition coefficient (Wildman–Crippen LogP) is 5.71. The zero-order valence-corrected chi connectivity index (χ0v) is 25.5. The van der Waals surface area contributed by atoms with E-state index < -0.39 is 32.5 Å². The molecule has 0 aromatic carbocycles. The first-order chi connectivity index (χ1) is 17.9. The van der Waals surface area contributed by atoms with E-state index in [4.69, 9.17) is 18.5 Å². The molecule has 0 bridgehead atoms. The van der Waals surface area contributed by atoms with E-state index in [2.05, 4.69) is 19.1 Å². The van der Waals surface area contributed by atoms with Crippen LogP contribution >= 0.6 is 7.82 Å². The largest absolute Gasteiger partial charge is 0.756 e. The van der Waals surface area contributed by atoms with Gasteiger partial charge in [-0.25, -0.2) is 0 Å². The molecule has 0 rings (SSSR count). The number of phosphoric ester groups is 1. The van der Waals surface area contributed by atoms with Crippen molar-refractivity contribution in [1.29, 1.82) is 0 Å². The number of ether oxygens (including phenoxy) is 2. The van der Waals surface area contributed by atoms with E-state index in [0.29, 0.717) is 11.0 Å². The number of carbonyl (C=O) groups is 2. The second kappa shape index (κ2) is 22.6. The zero-order chi connectivity index (χ0) is 28.7. The van der Waals surface area contributed by atoms with Crippen LogP contribution in [-0.2, 0) is 32.7 Å². The molecule has 38 heavy (non-hydrogen) atoms. The molecule has 0 amide bonds. The maximum atomic E-state index is 12.0. The van der Waals surface area contributed by atoms with Crippen molar-refractivity contribution >= 4 is 19.8 Å². The van der Waals surface area contributed by atoms with Crippen molar-refractivity contribution in [3.63, 3.8) is 0 Å². The second-order valence-corrected chi connectivity index (χ2v) is 12.2. The first-order valence-corrected chi connectivity index (χ1v) is 15.8. The quantitative estimate of drug-likeness (QED) is 0.0457. The van der Waals surface area contributed by atoms with Crippen molar-refractivity contribution in [2.75, 3.05) is 47.5 Å². The molecule has 0 aromatic heterocycles. The first kappa shape index (κ1) is 36.8. The standard InChI is InChI=1S/C28H54NO8P/c1-6-7-8-9-10-11-12-13-14-15-16-17-18-19-20-21-28(31)34-24-27(37-26(2)30)25-36-38(32,33)35-23-22-29(3,4)5/h13-14,27H,6-12,15-25H2,1-5H3/b14-13-. The summed E-state index contributed by atoms with van der Waals surface area (Å²) in [7, 11) is 1.15. The number of carbonyl (C=O) groups excluding carboxylic acids is 2. The maximum absolute atomic E-state index is 12.0. The van der Waals surface area contributed by atoms with Gasteiger partial charge >= 0.3 is 11.9 Å². The van der Waals surface area contributed by atoms with Crippen molar-refractivity contribution in [1.82, 2.24) is 0 Å². The number of esters is 2. The van der Waals surface area contributed by atoms with E-state index in [0.717, 1.165) is 38.5 Å². The lowest BCUT2D eigenvalue weighted by Gasteiger charge is -2.28.